The van der Waals surface area contributed by atoms with E-state index in [0.717, 1.165) is 44.9 Å². The maximum absolute atomic E-state index is 11.9. The molecule has 0 aromatic carbocycles. The van der Waals surface area contributed by atoms with Crippen LogP contribution in [-0.4, -0.2) is 73.6 Å². The van der Waals surface area contributed by atoms with Gasteiger partial charge in [0.05, 0.1) is 0 Å². The second-order valence-electron chi connectivity index (χ2n) is 7.61. The third-order valence-corrected chi connectivity index (χ3v) is 5.77. The van der Waals surface area contributed by atoms with Gasteiger partial charge in [-0.15, -0.1) is 0 Å². The van der Waals surface area contributed by atoms with Crippen LogP contribution in [0.3, 0.4) is 0 Å². The number of aliphatic imine (C=N–C) groups is 1. The van der Waals surface area contributed by atoms with E-state index in [9.17, 15) is 4.79 Å². The first kappa shape index (κ1) is 18.5. The second-order valence-corrected chi connectivity index (χ2v) is 7.61. The van der Waals surface area contributed by atoms with Crippen LogP contribution in [0.2, 0.25) is 0 Å². The van der Waals surface area contributed by atoms with E-state index in [1.165, 1.54) is 45.2 Å². The highest BCUT2D eigenvalue weighted by molar-refractivity contribution is 5.80. The number of rotatable bonds is 6. The van der Waals surface area contributed by atoms with Gasteiger partial charge < -0.3 is 15.0 Å². The van der Waals surface area contributed by atoms with Gasteiger partial charge in [0.2, 0.25) is 0 Å². The second kappa shape index (κ2) is 9.41. The van der Waals surface area contributed by atoms with Crippen LogP contribution in [0.4, 0.5) is 0 Å². The van der Waals surface area contributed by atoms with Crippen molar-refractivity contribution in [3.63, 3.8) is 0 Å². The predicted octanol–water partition coefficient (Wildman–Crippen LogP) is 2.00. The number of hydrogen-bond acceptors (Lipinski definition) is 4. The lowest BCUT2D eigenvalue weighted by atomic mass is 10.2. The van der Waals surface area contributed by atoms with E-state index in [1.807, 2.05) is 7.05 Å². The van der Waals surface area contributed by atoms with Crippen molar-refractivity contribution in [3.8, 4) is 0 Å². The van der Waals surface area contributed by atoms with Crippen LogP contribution in [-0.2, 0) is 9.53 Å². The highest BCUT2D eigenvalue weighted by Gasteiger charge is 2.30. The number of hydrogen-bond donors (Lipinski definition) is 1. The Morgan fingerprint density at radius 3 is 2.60 bits per heavy atom. The van der Waals surface area contributed by atoms with Gasteiger partial charge in [0.15, 0.2) is 5.96 Å². The average Bonchev–Trinajstić information content (AvgIpc) is 3.36. The number of esters is 1. The van der Waals surface area contributed by atoms with Crippen LogP contribution in [0.1, 0.15) is 57.8 Å². The molecule has 142 valence electrons. The van der Waals surface area contributed by atoms with E-state index in [1.54, 1.807) is 0 Å². The Bertz CT molecular complexity index is 456. The van der Waals surface area contributed by atoms with Gasteiger partial charge >= 0.3 is 5.97 Å². The number of carbonyl (C=O) groups is 1. The monoisotopic (exact) mass is 350 g/mol. The molecule has 0 spiro atoms. The Labute approximate surface area is 152 Å². The minimum atomic E-state index is -0.0426. The Morgan fingerprint density at radius 2 is 1.88 bits per heavy atom. The fourth-order valence-corrected chi connectivity index (χ4v) is 4.36. The standard InChI is InChI=1S/C19H34N4O2/c1-20-19(23-14-10-16(15-23)22-12-4-5-13-22)21-11-6-9-18(24)25-17-7-2-3-8-17/h16-17H,2-15H2,1H3,(H,20,21). The van der Waals surface area contributed by atoms with E-state index in [0.29, 0.717) is 12.5 Å². The molecule has 0 radical (unpaired) electrons. The first-order valence-electron chi connectivity index (χ1n) is 10.2. The maximum atomic E-state index is 11.9. The molecule has 2 aliphatic heterocycles. The molecule has 1 saturated carbocycles. The predicted molar refractivity (Wildman–Crippen MR) is 99.7 cm³/mol. The molecule has 3 fully saturated rings. The van der Waals surface area contributed by atoms with Crippen LogP contribution in [0.5, 0.6) is 0 Å². The molecule has 0 amide bonds. The zero-order valence-electron chi connectivity index (χ0n) is 15.7. The molecule has 0 aromatic heterocycles. The molecule has 6 heteroatoms. The number of ether oxygens (including phenoxy) is 1. The van der Waals surface area contributed by atoms with Crippen molar-refractivity contribution in [1.29, 1.82) is 0 Å². The largest absolute Gasteiger partial charge is 0.462 e. The minimum Gasteiger partial charge on any atom is -0.462 e. The van der Waals surface area contributed by atoms with Crippen molar-refractivity contribution in [3.05, 3.63) is 0 Å². The molecule has 3 aliphatic rings. The number of nitrogens with one attached hydrogen (secondary N) is 1. The minimum absolute atomic E-state index is 0.0426. The summed E-state index contributed by atoms with van der Waals surface area (Å²) in [5.41, 5.74) is 0. The van der Waals surface area contributed by atoms with Gasteiger partial charge in [-0.25, -0.2) is 0 Å². The van der Waals surface area contributed by atoms with Crippen molar-refractivity contribution in [2.24, 2.45) is 4.99 Å². The van der Waals surface area contributed by atoms with Crippen molar-refractivity contribution < 1.29 is 9.53 Å². The molecule has 1 N–H and O–H groups in total. The first-order chi connectivity index (χ1) is 12.3. The fourth-order valence-electron chi connectivity index (χ4n) is 4.36. The SMILES string of the molecule is CN=C(NCCCC(=O)OC1CCCC1)N1CCC(N2CCCC2)C1. The summed E-state index contributed by atoms with van der Waals surface area (Å²) in [6.45, 7) is 5.44. The third-order valence-electron chi connectivity index (χ3n) is 5.77. The van der Waals surface area contributed by atoms with E-state index in [-0.39, 0.29) is 12.1 Å². The Kier molecular flexibility index (Phi) is 6.96. The fraction of sp³-hybridized carbons (Fsp3) is 0.895. The summed E-state index contributed by atoms with van der Waals surface area (Å²) in [5, 5.41) is 3.42. The molecule has 1 aliphatic carbocycles. The van der Waals surface area contributed by atoms with Crippen molar-refractivity contribution >= 4 is 11.9 Å². The summed E-state index contributed by atoms with van der Waals surface area (Å²) in [6.07, 6.45) is 9.89. The summed E-state index contributed by atoms with van der Waals surface area (Å²) in [7, 11) is 1.85. The maximum Gasteiger partial charge on any atom is 0.306 e. The molecule has 3 rings (SSSR count). The summed E-state index contributed by atoms with van der Waals surface area (Å²) < 4.78 is 5.50. The van der Waals surface area contributed by atoms with Gasteiger partial charge in [0, 0.05) is 39.1 Å². The average molecular weight is 351 g/mol. The lowest BCUT2D eigenvalue weighted by Crippen LogP contribution is -2.43. The summed E-state index contributed by atoms with van der Waals surface area (Å²) in [5.74, 6) is 0.935. The van der Waals surface area contributed by atoms with Gasteiger partial charge in [-0.2, -0.15) is 0 Å². The summed E-state index contributed by atoms with van der Waals surface area (Å²) in [4.78, 5) is 21.3. The number of likely N-dealkylation sites (tertiary alicyclic amines) is 2. The molecule has 6 nitrogen and oxygen atoms in total. The molecule has 1 atom stereocenters. The zero-order chi connectivity index (χ0) is 17.5. The molecule has 25 heavy (non-hydrogen) atoms. The van der Waals surface area contributed by atoms with Crippen LogP contribution in [0.25, 0.3) is 0 Å². The van der Waals surface area contributed by atoms with E-state index in [4.69, 9.17) is 4.74 Å². The topological polar surface area (TPSA) is 57.2 Å². The van der Waals surface area contributed by atoms with Gasteiger partial charge in [0.25, 0.3) is 0 Å². The highest BCUT2D eigenvalue weighted by Crippen LogP contribution is 2.22. The van der Waals surface area contributed by atoms with Crippen LogP contribution in [0, 0.1) is 0 Å². The van der Waals surface area contributed by atoms with Gasteiger partial charge in [-0.3, -0.25) is 14.7 Å². The first-order valence-corrected chi connectivity index (χ1v) is 10.2. The van der Waals surface area contributed by atoms with Crippen LogP contribution >= 0.6 is 0 Å². The number of nitrogens with zero attached hydrogens (tertiary/aromatic N) is 3. The van der Waals surface area contributed by atoms with Gasteiger partial charge in [-0.05, 0) is 64.5 Å². The zero-order valence-corrected chi connectivity index (χ0v) is 15.7. The van der Waals surface area contributed by atoms with E-state index in [2.05, 4.69) is 20.1 Å². The normalized spacial score (nSPS) is 25.7. The lowest BCUT2D eigenvalue weighted by molar-refractivity contribution is -0.148. The summed E-state index contributed by atoms with van der Waals surface area (Å²) >= 11 is 0. The van der Waals surface area contributed by atoms with E-state index < -0.39 is 0 Å². The van der Waals surface area contributed by atoms with Gasteiger partial charge in [0.1, 0.15) is 6.10 Å². The number of guanidine groups is 1. The molecular formula is C19H34N4O2. The van der Waals surface area contributed by atoms with Crippen LogP contribution < -0.4 is 5.32 Å². The van der Waals surface area contributed by atoms with Crippen molar-refractivity contribution in [2.75, 3.05) is 39.8 Å². The number of carbonyl (C=O) groups excluding carboxylic acids is 1. The molecule has 0 aromatic rings. The molecule has 2 heterocycles. The molecule has 1 unspecified atom stereocenters. The smallest absolute Gasteiger partial charge is 0.306 e. The third kappa shape index (κ3) is 5.33. The molecule has 0 bridgehead atoms. The Balaban J connectivity index is 1.32. The van der Waals surface area contributed by atoms with Gasteiger partial charge in [-0.1, -0.05) is 0 Å². The Hall–Kier alpha value is -1.30. The van der Waals surface area contributed by atoms with Crippen LogP contribution in [0.15, 0.2) is 4.99 Å². The van der Waals surface area contributed by atoms with Crippen molar-refractivity contribution in [2.45, 2.75) is 69.9 Å². The Morgan fingerprint density at radius 1 is 1.12 bits per heavy atom. The summed E-state index contributed by atoms with van der Waals surface area (Å²) in [6, 6.07) is 0.683. The molecule has 2 saturated heterocycles. The highest BCUT2D eigenvalue weighted by atomic mass is 16.5. The van der Waals surface area contributed by atoms with E-state index >= 15 is 0 Å². The molecular weight excluding hydrogens is 316 g/mol. The lowest BCUT2D eigenvalue weighted by Gasteiger charge is -2.25. The quantitative estimate of drug-likeness (QED) is 0.344. The van der Waals surface area contributed by atoms with Crippen molar-refractivity contribution in [1.82, 2.24) is 15.1 Å².